The van der Waals surface area contributed by atoms with Crippen LogP contribution in [0.2, 0.25) is 0 Å². The number of benzene rings is 2. The Hall–Kier alpha value is -2.71. The SMILES string of the molecule is Cc1nc(-c2ccc3c(c2)CCN3CC(=O)Nc2ccccc2S(C)(=O)=O)cs1. The molecule has 2 aromatic carbocycles. The molecule has 8 heteroatoms. The zero-order valence-electron chi connectivity index (χ0n) is 16.2. The van der Waals surface area contributed by atoms with Crippen molar-refractivity contribution in [2.75, 3.05) is 29.6 Å². The van der Waals surface area contributed by atoms with Gasteiger partial charge in [0.2, 0.25) is 5.91 Å². The first-order chi connectivity index (χ1) is 13.8. The van der Waals surface area contributed by atoms with Crippen LogP contribution in [0, 0.1) is 6.92 Å². The summed E-state index contributed by atoms with van der Waals surface area (Å²) in [5, 5.41) is 5.83. The van der Waals surface area contributed by atoms with E-state index in [0.717, 1.165) is 41.2 Å². The molecule has 0 unspecified atom stereocenters. The minimum atomic E-state index is -3.42. The molecule has 0 radical (unpaired) electrons. The molecule has 1 N–H and O–H groups in total. The van der Waals surface area contributed by atoms with Crippen LogP contribution in [0.5, 0.6) is 0 Å². The Morgan fingerprint density at radius 3 is 2.76 bits per heavy atom. The van der Waals surface area contributed by atoms with Crippen molar-refractivity contribution in [3.63, 3.8) is 0 Å². The van der Waals surface area contributed by atoms with Crippen molar-refractivity contribution in [1.29, 1.82) is 0 Å². The molecule has 2 heterocycles. The number of aromatic nitrogens is 1. The van der Waals surface area contributed by atoms with Gasteiger partial charge < -0.3 is 10.2 Å². The van der Waals surface area contributed by atoms with Crippen LogP contribution >= 0.6 is 11.3 Å². The topological polar surface area (TPSA) is 79.4 Å². The maximum absolute atomic E-state index is 12.6. The number of nitrogens with zero attached hydrogens (tertiary/aromatic N) is 2. The first-order valence-corrected chi connectivity index (χ1v) is 12.0. The maximum atomic E-state index is 12.6. The number of rotatable bonds is 5. The van der Waals surface area contributed by atoms with Gasteiger partial charge in [-0.15, -0.1) is 11.3 Å². The van der Waals surface area contributed by atoms with Gasteiger partial charge >= 0.3 is 0 Å². The summed E-state index contributed by atoms with van der Waals surface area (Å²) in [7, 11) is -3.42. The van der Waals surface area contributed by atoms with Gasteiger partial charge in [0.15, 0.2) is 9.84 Å². The molecule has 0 aliphatic carbocycles. The van der Waals surface area contributed by atoms with Gasteiger partial charge in [-0.3, -0.25) is 4.79 Å². The number of carbonyl (C=O) groups is 1. The van der Waals surface area contributed by atoms with Crippen LogP contribution < -0.4 is 10.2 Å². The van der Waals surface area contributed by atoms with Gasteiger partial charge in [-0.2, -0.15) is 0 Å². The summed E-state index contributed by atoms with van der Waals surface area (Å²) in [6, 6.07) is 12.7. The number of thiazole rings is 1. The normalized spacial score (nSPS) is 13.4. The van der Waals surface area contributed by atoms with Crippen LogP contribution in [-0.2, 0) is 21.1 Å². The predicted molar refractivity (Wildman–Crippen MR) is 116 cm³/mol. The number of para-hydroxylation sites is 1. The Balaban J connectivity index is 1.49. The fraction of sp³-hybridized carbons (Fsp3) is 0.238. The lowest BCUT2D eigenvalue weighted by Crippen LogP contribution is -2.32. The fourth-order valence-electron chi connectivity index (χ4n) is 3.55. The van der Waals surface area contributed by atoms with Gasteiger partial charge in [0.1, 0.15) is 0 Å². The Labute approximate surface area is 174 Å². The number of hydrogen-bond donors (Lipinski definition) is 1. The molecule has 1 aliphatic heterocycles. The van der Waals surface area contributed by atoms with Gasteiger partial charge in [0, 0.05) is 29.4 Å². The van der Waals surface area contributed by atoms with Crippen LogP contribution in [-0.4, -0.2) is 38.7 Å². The predicted octanol–water partition coefficient (Wildman–Crippen LogP) is 3.52. The van der Waals surface area contributed by atoms with Gasteiger partial charge in [-0.1, -0.05) is 18.2 Å². The van der Waals surface area contributed by atoms with Crippen LogP contribution in [0.4, 0.5) is 11.4 Å². The molecule has 0 saturated heterocycles. The summed E-state index contributed by atoms with van der Waals surface area (Å²) >= 11 is 1.63. The quantitative estimate of drug-likeness (QED) is 0.674. The third kappa shape index (κ3) is 4.18. The first-order valence-electron chi connectivity index (χ1n) is 9.20. The number of anilines is 2. The summed E-state index contributed by atoms with van der Waals surface area (Å²) in [5.74, 6) is -0.242. The van der Waals surface area contributed by atoms with E-state index in [4.69, 9.17) is 0 Å². The molecule has 29 heavy (non-hydrogen) atoms. The van der Waals surface area contributed by atoms with E-state index >= 15 is 0 Å². The second-order valence-electron chi connectivity index (χ2n) is 7.08. The van der Waals surface area contributed by atoms with Gasteiger partial charge in [0.25, 0.3) is 0 Å². The minimum absolute atomic E-state index is 0.123. The average Bonchev–Trinajstić information content (AvgIpc) is 3.27. The third-order valence-electron chi connectivity index (χ3n) is 4.88. The molecule has 1 aliphatic rings. The van der Waals surface area contributed by atoms with Crippen molar-refractivity contribution in [2.24, 2.45) is 0 Å². The van der Waals surface area contributed by atoms with Gasteiger partial charge in [0.05, 0.1) is 27.8 Å². The lowest BCUT2D eigenvalue weighted by molar-refractivity contribution is -0.115. The van der Waals surface area contributed by atoms with Gasteiger partial charge in [-0.25, -0.2) is 13.4 Å². The molecule has 0 atom stereocenters. The van der Waals surface area contributed by atoms with Crippen molar-refractivity contribution in [3.8, 4) is 11.3 Å². The molecule has 1 amide bonds. The average molecular weight is 428 g/mol. The third-order valence-corrected chi connectivity index (χ3v) is 6.81. The molecule has 0 spiro atoms. The largest absolute Gasteiger partial charge is 0.362 e. The number of hydrogen-bond acceptors (Lipinski definition) is 6. The van der Waals surface area contributed by atoms with E-state index in [9.17, 15) is 13.2 Å². The Morgan fingerprint density at radius 2 is 2.03 bits per heavy atom. The Bertz CT molecular complexity index is 1190. The van der Waals surface area contributed by atoms with Crippen LogP contribution in [0.25, 0.3) is 11.3 Å². The highest BCUT2D eigenvalue weighted by Crippen LogP contribution is 2.32. The summed E-state index contributed by atoms with van der Waals surface area (Å²) in [5.41, 5.74) is 4.60. The van der Waals surface area contributed by atoms with Crippen LogP contribution in [0.3, 0.4) is 0 Å². The Morgan fingerprint density at radius 1 is 1.24 bits per heavy atom. The lowest BCUT2D eigenvalue weighted by Gasteiger charge is -2.19. The molecule has 3 aromatic rings. The van der Waals surface area contributed by atoms with E-state index < -0.39 is 9.84 Å². The molecular formula is C21H21N3O3S2. The summed E-state index contributed by atoms with van der Waals surface area (Å²) in [6.07, 6.45) is 2.00. The smallest absolute Gasteiger partial charge is 0.243 e. The molecule has 0 fully saturated rings. The minimum Gasteiger partial charge on any atom is -0.362 e. The molecular weight excluding hydrogens is 406 g/mol. The first kappa shape index (κ1) is 19.6. The lowest BCUT2D eigenvalue weighted by atomic mass is 10.1. The van der Waals surface area contributed by atoms with Crippen molar-refractivity contribution in [1.82, 2.24) is 4.98 Å². The second-order valence-corrected chi connectivity index (χ2v) is 10.1. The summed E-state index contributed by atoms with van der Waals surface area (Å²) < 4.78 is 23.9. The van der Waals surface area contributed by atoms with Crippen molar-refractivity contribution in [3.05, 3.63) is 58.4 Å². The zero-order chi connectivity index (χ0) is 20.6. The number of amides is 1. The van der Waals surface area contributed by atoms with Crippen LogP contribution in [0.1, 0.15) is 10.6 Å². The number of aryl methyl sites for hydroxylation is 1. The van der Waals surface area contributed by atoms with E-state index in [0.29, 0.717) is 5.69 Å². The highest BCUT2D eigenvalue weighted by Gasteiger charge is 2.23. The second kappa shape index (κ2) is 7.61. The fourth-order valence-corrected chi connectivity index (χ4v) is 5.01. The highest BCUT2D eigenvalue weighted by atomic mass is 32.2. The summed E-state index contributed by atoms with van der Waals surface area (Å²) in [4.78, 5) is 19.3. The molecule has 1 aromatic heterocycles. The summed E-state index contributed by atoms with van der Waals surface area (Å²) in [6.45, 7) is 2.90. The molecule has 0 bridgehead atoms. The number of sulfone groups is 1. The van der Waals surface area contributed by atoms with Crippen molar-refractivity contribution >= 4 is 38.5 Å². The zero-order valence-corrected chi connectivity index (χ0v) is 17.8. The molecule has 6 nitrogen and oxygen atoms in total. The van der Waals surface area contributed by atoms with Crippen molar-refractivity contribution < 1.29 is 13.2 Å². The number of fused-ring (bicyclic) bond motifs is 1. The molecule has 4 rings (SSSR count). The Kier molecular flexibility index (Phi) is 5.14. The van der Waals surface area contributed by atoms with Crippen molar-refractivity contribution in [2.45, 2.75) is 18.2 Å². The monoisotopic (exact) mass is 427 g/mol. The van der Waals surface area contributed by atoms with E-state index in [1.54, 1.807) is 29.5 Å². The number of carbonyl (C=O) groups excluding carboxylic acids is 1. The highest BCUT2D eigenvalue weighted by molar-refractivity contribution is 7.90. The van der Waals surface area contributed by atoms with Gasteiger partial charge in [-0.05, 0) is 43.2 Å². The van der Waals surface area contributed by atoms with Crippen LogP contribution in [0.15, 0.2) is 52.7 Å². The molecule has 150 valence electrons. The van der Waals surface area contributed by atoms with E-state index in [1.165, 1.54) is 11.6 Å². The number of nitrogens with one attached hydrogen (secondary N) is 1. The molecule has 0 saturated carbocycles. The van der Waals surface area contributed by atoms with E-state index in [1.807, 2.05) is 24.0 Å². The van der Waals surface area contributed by atoms with E-state index in [2.05, 4.69) is 21.7 Å². The maximum Gasteiger partial charge on any atom is 0.243 e. The standard InChI is InChI=1S/C21H21N3O3S2/c1-14-22-18(13-28-14)15-7-8-19-16(11-15)9-10-24(19)12-21(25)23-17-5-3-4-6-20(17)29(2,26)27/h3-8,11,13H,9-10,12H2,1-2H3,(H,23,25). The van der Waals surface area contributed by atoms with E-state index in [-0.39, 0.29) is 17.3 Å².